The topological polar surface area (TPSA) is 16.4 Å². The van der Waals surface area contributed by atoms with E-state index in [2.05, 4.69) is 36.9 Å². The first kappa shape index (κ1) is 14.3. The van der Waals surface area contributed by atoms with E-state index in [0.717, 1.165) is 23.5 Å². The summed E-state index contributed by atoms with van der Waals surface area (Å²) < 4.78 is 5.60. The number of rotatable bonds is 5. The van der Waals surface area contributed by atoms with Crippen molar-refractivity contribution in [3.05, 3.63) is 35.6 Å². The molecule has 0 aliphatic heterocycles. The normalized spacial score (nSPS) is 27.3. The Morgan fingerprint density at radius 3 is 2.91 bits per heavy atom. The molecule has 0 amide bonds. The molecular weight excluding hydrogens is 270 g/mol. The van der Waals surface area contributed by atoms with Crippen LogP contribution in [0.2, 0.25) is 0 Å². The first-order chi connectivity index (χ1) is 10.7. The van der Waals surface area contributed by atoms with E-state index < -0.39 is 0 Å². The number of fused-ring (bicyclic) bond motifs is 2. The van der Waals surface area contributed by atoms with Crippen molar-refractivity contribution in [1.29, 1.82) is 0 Å². The molecule has 0 radical (unpaired) electrons. The molecule has 0 spiro atoms. The summed E-state index contributed by atoms with van der Waals surface area (Å²) >= 11 is 0. The Bertz CT molecular complexity index is 659. The molecule has 2 aromatic rings. The molecule has 3 atom stereocenters. The zero-order valence-electron chi connectivity index (χ0n) is 13.8. The quantitative estimate of drug-likeness (QED) is 0.798. The standard InChI is InChI=1S/C20H27NO/c1-3-7-21(13-18-9-14(18)2)19-5-4-15-10-16-6-8-22-20(16)12-17(15)11-19/h6,8,10,12,14,18-19H,3-5,7,9,11,13H2,1-2H3/t14?,18?,19-/m0/s1. The number of hydrogen-bond acceptors (Lipinski definition) is 2. The van der Waals surface area contributed by atoms with Gasteiger partial charge in [-0.2, -0.15) is 0 Å². The van der Waals surface area contributed by atoms with Crippen LogP contribution in [0.25, 0.3) is 11.0 Å². The van der Waals surface area contributed by atoms with Crippen LogP contribution in [0.15, 0.2) is 28.9 Å². The Balaban J connectivity index is 1.53. The Hall–Kier alpha value is -1.28. The van der Waals surface area contributed by atoms with Crippen molar-refractivity contribution in [2.75, 3.05) is 13.1 Å². The highest BCUT2D eigenvalue weighted by molar-refractivity contribution is 5.79. The smallest absolute Gasteiger partial charge is 0.134 e. The van der Waals surface area contributed by atoms with Gasteiger partial charge in [-0.15, -0.1) is 0 Å². The SMILES string of the molecule is CCCN(CC1CC1C)[C@H]1CCc2cc3ccoc3cc2C1. The molecule has 0 N–H and O–H groups in total. The Kier molecular flexibility index (Phi) is 3.73. The van der Waals surface area contributed by atoms with Gasteiger partial charge in [0.05, 0.1) is 6.26 Å². The van der Waals surface area contributed by atoms with E-state index in [1.807, 2.05) is 6.26 Å². The van der Waals surface area contributed by atoms with Crippen LogP contribution in [-0.4, -0.2) is 24.0 Å². The Morgan fingerprint density at radius 1 is 1.27 bits per heavy atom. The number of furan rings is 1. The van der Waals surface area contributed by atoms with Crippen LogP contribution in [0.1, 0.15) is 44.2 Å². The van der Waals surface area contributed by atoms with Crippen molar-refractivity contribution in [1.82, 2.24) is 4.90 Å². The van der Waals surface area contributed by atoms with Gasteiger partial charge in [-0.25, -0.2) is 0 Å². The number of aryl methyl sites for hydroxylation is 1. The van der Waals surface area contributed by atoms with Crippen LogP contribution in [0.3, 0.4) is 0 Å². The van der Waals surface area contributed by atoms with Crippen molar-refractivity contribution in [2.24, 2.45) is 11.8 Å². The summed E-state index contributed by atoms with van der Waals surface area (Å²) in [6.07, 6.45) is 8.26. The zero-order chi connectivity index (χ0) is 15.1. The van der Waals surface area contributed by atoms with Gasteiger partial charge in [0.25, 0.3) is 0 Å². The molecule has 22 heavy (non-hydrogen) atoms. The van der Waals surface area contributed by atoms with Gasteiger partial charge in [-0.3, -0.25) is 4.90 Å². The van der Waals surface area contributed by atoms with Gasteiger partial charge in [0.1, 0.15) is 5.58 Å². The van der Waals surface area contributed by atoms with Crippen LogP contribution in [0, 0.1) is 11.8 Å². The minimum Gasteiger partial charge on any atom is -0.464 e. The van der Waals surface area contributed by atoms with Gasteiger partial charge in [-0.05, 0) is 79.8 Å². The van der Waals surface area contributed by atoms with Crippen LogP contribution in [0.4, 0.5) is 0 Å². The van der Waals surface area contributed by atoms with Crippen molar-refractivity contribution in [3.63, 3.8) is 0 Å². The Morgan fingerprint density at radius 2 is 2.14 bits per heavy atom. The molecule has 1 heterocycles. The number of nitrogens with zero attached hydrogens (tertiary/aromatic N) is 1. The van der Waals surface area contributed by atoms with E-state index >= 15 is 0 Å². The van der Waals surface area contributed by atoms with E-state index in [1.54, 1.807) is 5.56 Å². The lowest BCUT2D eigenvalue weighted by molar-refractivity contribution is 0.170. The average Bonchev–Trinajstić information content (AvgIpc) is 3.03. The van der Waals surface area contributed by atoms with Crippen molar-refractivity contribution >= 4 is 11.0 Å². The Labute approximate surface area is 133 Å². The fourth-order valence-electron chi connectivity index (χ4n) is 4.18. The van der Waals surface area contributed by atoms with E-state index in [1.165, 1.54) is 56.1 Å². The molecule has 2 aliphatic rings. The lowest BCUT2D eigenvalue weighted by Gasteiger charge is -2.35. The third kappa shape index (κ3) is 2.69. The molecule has 2 aliphatic carbocycles. The van der Waals surface area contributed by atoms with Gasteiger partial charge in [0, 0.05) is 18.0 Å². The molecule has 2 heteroatoms. The summed E-state index contributed by atoms with van der Waals surface area (Å²) in [5.41, 5.74) is 4.11. The molecule has 0 bridgehead atoms. The van der Waals surface area contributed by atoms with Crippen molar-refractivity contribution in [2.45, 2.75) is 52.0 Å². The molecule has 2 nitrogen and oxygen atoms in total. The third-order valence-electron chi connectivity index (χ3n) is 5.75. The molecule has 1 aromatic carbocycles. The van der Waals surface area contributed by atoms with E-state index in [9.17, 15) is 0 Å². The molecule has 1 saturated carbocycles. The van der Waals surface area contributed by atoms with Gasteiger partial charge < -0.3 is 4.42 Å². The summed E-state index contributed by atoms with van der Waals surface area (Å²) in [5, 5.41) is 1.26. The van der Waals surface area contributed by atoms with Gasteiger partial charge in [-0.1, -0.05) is 13.8 Å². The highest BCUT2D eigenvalue weighted by atomic mass is 16.3. The first-order valence-corrected chi connectivity index (χ1v) is 8.97. The fraction of sp³-hybridized carbons (Fsp3) is 0.600. The summed E-state index contributed by atoms with van der Waals surface area (Å²) in [7, 11) is 0. The molecule has 1 fully saturated rings. The van der Waals surface area contributed by atoms with Crippen molar-refractivity contribution < 1.29 is 4.42 Å². The van der Waals surface area contributed by atoms with E-state index in [4.69, 9.17) is 4.42 Å². The lowest BCUT2D eigenvalue weighted by Crippen LogP contribution is -2.41. The molecule has 118 valence electrons. The van der Waals surface area contributed by atoms with E-state index in [0.29, 0.717) is 0 Å². The summed E-state index contributed by atoms with van der Waals surface area (Å²) in [6, 6.07) is 7.45. The number of benzene rings is 1. The predicted molar refractivity (Wildman–Crippen MR) is 91.2 cm³/mol. The van der Waals surface area contributed by atoms with Gasteiger partial charge in [0.15, 0.2) is 0 Å². The summed E-state index contributed by atoms with van der Waals surface area (Å²) in [6.45, 7) is 7.29. The maximum Gasteiger partial charge on any atom is 0.134 e. The highest BCUT2D eigenvalue weighted by Gasteiger charge is 2.36. The largest absolute Gasteiger partial charge is 0.464 e. The fourth-order valence-corrected chi connectivity index (χ4v) is 4.18. The minimum absolute atomic E-state index is 0.729. The second kappa shape index (κ2) is 5.73. The van der Waals surface area contributed by atoms with Crippen LogP contribution in [-0.2, 0) is 12.8 Å². The zero-order valence-corrected chi connectivity index (χ0v) is 13.8. The molecule has 0 saturated heterocycles. The number of hydrogen-bond donors (Lipinski definition) is 0. The van der Waals surface area contributed by atoms with Crippen LogP contribution >= 0.6 is 0 Å². The monoisotopic (exact) mass is 297 g/mol. The maximum absolute atomic E-state index is 5.60. The lowest BCUT2D eigenvalue weighted by atomic mass is 9.86. The molecule has 2 unspecified atom stereocenters. The predicted octanol–water partition coefficient (Wildman–Crippen LogP) is 4.66. The molecular formula is C20H27NO. The summed E-state index contributed by atoms with van der Waals surface area (Å²) in [4.78, 5) is 2.78. The third-order valence-corrected chi connectivity index (χ3v) is 5.75. The average molecular weight is 297 g/mol. The summed E-state index contributed by atoms with van der Waals surface area (Å²) in [5.74, 6) is 1.92. The minimum atomic E-state index is 0.729. The maximum atomic E-state index is 5.60. The molecule has 1 aromatic heterocycles. The first-order valence-electron chi connectivity index (χ1n) is 8.97. The second-order valence-corrected chi connectivity index (χ2v) is 7.44. The second-order valence-electron chi connectivity index (χ2n) is 7.44. The van der Waals surface area contributed by atoms with Crippen molar-refractivity contribution in [3.8, 4) is 0 Å². The van der Waals surface area contributed by atoms with Gasteiger partial charge in [0.2, 0.25) is 0 Å². The van der Waals surface area contributed by atoms with Crippen LogP contribution in [0.5, 0.6) is 0 Å². The van der Waals surface area contributed by atoms with E-state index in [-0.39, 0.29) is 0 Å². The van der Waals surface area contributed by atoms with Gasteiger partial charge >= 0.3 is 0 Å². The highest BCUT2D eigenvalue weighted by Crippen LogP contribution is 2.39. The van der Waals surface area contributed by atoms with Crippen LogP contribution < -0.4 is 0 Å². The molecule has 4 rings (SSSR count).